The second-order valence-corrected chi connectivity index (χ2v) is 7.99. The average molecular weight is 391 g/mol. The van der Waals surface area contributed by atoms with Crippen molar-refractivity contribution in [1.82, 2.24) is 14.6 Å². The van der Waals surface area contributed by atoms with Crippen molar-refractivity contribution in [3.63, 3.8) is 0 Å². The molecular weight excluding hydrogens is 368 g/mol. The van der Waals surface area contributed by atoms with E-state index in [1.807, 2.05) is 19.1 Å². The number of aromatic hydroxyl groups is 1. The molecule has 3 aromatic rings. The average Bonchev–Trinajstić information content (AvgIpc) is 3.32. The Bertz CT molecular complexity index is 967. The second-order valence-electron chi connectivity index (χ2n) is 6.98. The molecule has 1 aliphatic rings. The third kappa shape index (κ3) is 3.21. The Balaban J connectivity index is 1.69. The maximum atomic E-state index is 11.8. The highest BCUT2D eigenvalue weighted by Crippen LogP contribution is 2.36. The largest absolute Gasteiger partial charge is 0.492 e. The number of nitrogens with zero attached hydrogens (tertiary/aromatic N) is 3. The van der Waals surface area contributed by atoms with Gasteiger partial charge in [-0.3, -0.25) is 4.79 Å². The van der Waals surface area contributed by atoms with E-state index in [-0.39, 0.29) is 23.8 Å². The second kappa shape index (κ2) is 6.97. The van der Waals surface area contributed by atoms with Gasteiger partial charge in [0.15, 0.2) is 11.8 Å². The minimum atomic E-state index is -0.161. The summed E-state index contributed by atoms with van der Waals surface area (Å²) in [6.45, 7) is 5.28. The van der Waals surface area contributed by atoms with Crippen LogP contribution in [-0.2, 0) is 9.53 Å². The Morgan fingerprint density at radius 1 is 1.41 bits per heavy atom. The topological polar surface area (TPSA) is 94.3 Å². The molecule has 1 saturated heterocycles. The Hall–Kier alpha value is -2.39. The van der Waals surface area contributed by atoms with E-state index < -0.39 is 0 Å². The van der Waals surface area contributed by atoms with Crippen molar-refractivity contribution in [2.24, 2.45) is 5.92 Å². The number of aromatic nitrogens is 3. The number of rotatable bonds is 4. The van der Waals surface area contributed by atoms with Gasteiger partial charge in [-0.05, 0) is 26.0 Å². The molecule has 0 radical (unpaired) electrons. The fourth-order valence-corrected chi connectivity index (χ4v) is 5.01. The van der Waals surface area contributed by atoms with Crippen molar-refractivity contribution in [1.29, 1.82) is 0 Å². The molecule has 0 spiro atoms. The Morgan fingerprint density at radius 3 is 2.74 bits per heavy atom. The zero-order valence-electron chi connectivity index (χ0n) is 15.6. The fourth-order valence-electron chi connectivity index (χ4n) is 3.84. The van der Waals surface area contributed by atoms with E-state index in [1.54, 1.807) is 6.92 Å². The molecule has 9 heteroatoms. The van der Waals surface area contributed by atoms with Crippen LogP contribution < -0.4 is 4.90 Å². The molecule has 2 N–H and O–H groups in total. The maximum Gasteiger partial charge on any atom is 0.309 e. The number of furan rings is 1. The number of methoxy groups -OCH3 is 1. The minimum Gasteiger partial charge on any atom is -0.492 e. The van der Waals surface area contributed by atoms with Crippen molar-refractivity contribution in [3.8, 4) is 5.88 Å². The number of carbonyl (C=O) groups excluding carboxylic acids is 1. The van der Waals surface area contributed by atoms with Gasteiger partial charge in [-0.25, -0.2) is 4.98 Å². The molecule has 144 valence electrons. The van der Waals surface area contributed by atoms with Gasteiger partial charge in [0.25, 0.3) is 0 Å². The number of hydrogen-bond donors (Lipinski definition) is 2. The van der Waals surface area contributed by atoms with Gasteiger partial charge < -0.3 is 19.2 Å². The van der Waals surface area contributed by atoms with Crippen LogP contribution in [0.1, 0.15) is 41.1 Å². The molecule has 0 aromatic carbocycles. The summed E-state index contributed by atoms with van der Waals surface area (Å²) in [5, 5.41) is 15.1. The number of fused-ring (bicyclic) bond motifs is 1. The lowest BCUT2D eigenvalue weighted by Crippen LogP contribution is -3.13. The number of hydrogen-bond acceptors (Lipinski definition) is 7. The Morgan fingerprint density at radius 2 is 2.15 bits per heavy atom. The highest BCUT2D eigenvalue weighted by atomic mass is 32.1. The number of esters is 1. The van der Waals surface area contributed by atoms with E-state index in [9.17, 15) is 9.90 Å². The normalized spacial score (nSPS) is 21.4. The maximum absolute atomic E-state index is 11.8. The SMILES string of the molecule is COC(=O)C1CC[NH+]([C@H](c2ccc(C)o2)c2sc3nc(C)nn3c2O)CC1. The first kappa shape index (κ1) is 18.0. The van der Waals surface area contributed by atoms with Crippen molar-refractivity contribution < 1.29 is 24.0 Å². The molecule has 4 heterocycles. The summed E-state index contributed by atoms with van der Waals surface area (Å²) in [6.07, 6.45) is 1.50. The quantitative estimate of drug-likeness (QED) is 0.651. The van der Waals surface area contributed by atoms with Crippen molar-refractivity contribution >= 4 is 22.3 Å². The lowest BCUT2D eigenvalue weighted by molar-refractivity contribution is -0.931. The van der Waals surface area contributed by atoms with Crippen LogP contribution in [0.3, 0.4) is 0 Å². The first-order valence-electron chi connectivity index (χ1n) is 9.01. The van der Waals surface area contributed by atoms with Crippen molar-refractivity contribution in [3.05, 3.63) is 34.4 Å². The van der Waals surface area contributed by atoms with E-state index in [2.05, 4.69) is 10.1 Å². The summed E-state index contributed by atoms with van der Waals surface area (Å²) >= 11 is 1.43. The number of carbonyl (C=O) groups is 1. The van der Waals surface area contributed by atoms with Crippen LogP contribution in [0.15, 0.2) is 16.5 Å². The summed E-state index contributed by atoms with van der Waals surface area (Å²) in [5.74, 6) is 2.16. The van der Waals surface area contributed by atoms with Crippen LogP contribution in [0.4, 0.5) is 0 Å². The van der Waals surface area contributed by atoms with Gasteiger partial charge in [0, 0.05) is 12.8 Å². The standard InChI is InChI=1S/C18H22N4O4S/c1-10-4-5-13(26-10)14(21-8-6-12(7-9-21)17(24)25-3)15-16(23)22-18(27-15)19-11(2)20-22/h4-5,12,14,23H,6-9H2,1-3H3/p+1/t14-/m1/s1. The number of aryl methyl sites for hydroxylation is 2. The molecule has 1 aliphatic heterocycles. The van der Waals surface area contributed by atoms with Crippen molar-refractivity contribution in [2.75, 3.05) is 20.2 Å². The van der Waals surface area contributed by atoms with Crippen LogP contribution >= 0.6 is 11.3 Å². The molecule has 1 fully saturated rings. The van der Waals surface area contributed by atoms with Gasteiger partial charge in [-0.2, -0.15) is 4.52 Å². The van der Waals surface area contributed by atoms with Gasteiger partial charge in [0.1, 0.15) is 16.5 Å². The lowest BCUT2D eigenvalue weighted by atomic mass is 9.95. The van der Waals surface area contributed by atoms with Crippen LogP contribution in [0, 0.1) is 19.8 Å². The predicted molar refractivity (Wildman–Crippen MR) is 98.0 cm³/mol. The van der Waals surface area contributed by atoms with Crippen molar-refractivity contribution in [2.45, 2.75) is 32.7 Å². The summed E-state index contributed by atoms with van der Waals surface area (Å²) < 4.78 is 12.3. The summed E-state index contributed by atoms with van der Waals surface area (Å²) in [6, 6.07) is 3.73. The highest BCUT2D eigenvalue weighted by molar-refractivity contribution is 7.17. The molecule has 8 nitrogen and oxygen atoms in total. The summed E-state index contributed by atoms with van der Waals surface area (Å²) in [5.41, 5.74) is 0. The van der Waals surface area contributed by atoms with E-state index in [4.69, 9.17) is 9.15 Å². The summed E-state index contributed by atoms with van der Waals surface area (Å²) in [7, 11) is 1.43. The number of nitrogens with one attached hydrogen (secondary N) is 1. The Kier molecular flexibility index (Phi) is 4.65. The predicted octanol–water partition coefficient (Wildman–Crippen LogP) is 1.26. The molecule has 27 heavy (non-hydrogen) atoms. The first-order valence-corrected chi connectivity index (χ1v) is 9.83. The lowest BCUT2D eigenvalue weighted by Gasteiger charge is -2.32. The molecule has 0 bridgehead atoms. The molecule has 0 unspecified atom stereocenters. The highest BCUT2D eigenvalue weighted by Gasteiger charge is 2.38. The van der Waals surface area contributed by atoms with E-state index in [1.165, 1.54) is 27.9 Å². The zero-order chi connectivity index (χ0) is 19.1. The third-order valence-corrected chi connectivity index (χ3v) is 6.27. The minimum absolute atomic E-state index is 0.0590. The van der Waals surface area contributed by atoms with Gasteiger partial charge in [0.05, 0.1) is 26.1 Å². The van der Waals surface area contributed by atoms with Gasteiger partial charge in [-0.15, -0.1) is 5.10 Å². The van der Waals surface area contributed by atoms with Crippen LogP contribution in [-0.4, -0.2) is 45.9 Å². The number of quaternary nitrogens is 1. The van der Waals surface area contributed by atoms with Crippen LogP contribution in [0.5, 0.6) is 5.88 Å². The van der Waals surface area contributed by atoms with E-state index in [0.29, 0.717) is 10.8 Å². The van der Waals surface area contributed by atoms with E-state index in [0.717, 1.165) is 42.3 Å². The van der Waals surface area contributed by atoms with Crippen LogP contribution in [0.25, 0.3) is 4.96 Å². The number of thiazole rings is 1. The molecule has 3 aromatic heterocycles. The molecular formula is C18H23N4O4S+. The molecule has 0 amide bonds. The van der Waals surface area contributed by atoms with Gasteiger partial charge >= 0.3 is 5.97 Å². The zero-order valence-corrected chi connectivity index (χ0v) is 16.4. The van der Waals surface area contributed by atoms with Gasteiger partial charge in [0.2, 0.25) is 10.8 Å². The summed E-state index contributed by atoms with van der Waals surface area (Å²) in [4.78, 5) is 18.9. The first-order chi connectivity index (χ1) is 13.0. The fraction of sp³-hybridized carbons (Fsp3) is 0.500. The van der Waals surface area contributed by atoms with Gasteiger partial charge in [-0.1, -0.05) is 11.3 Å². The number of likely N-dealkylation sites (tertiary alicyclic amines) is 1. The van der Waals surface area contributed by atoms with E-state index >= 15 is 0 Å². The number of piperidine rings is 1. The Labute approximate surface area is 160 Å². The third-order valence-electron chi connectivity index (χ3n) is 5.18. The molecule has 4 rings (SSSR count). The smallest absolute Gasteiger partial charge is 0.309 e. The molecule has 1 atom stereocenters. The van der Waals surface area contributed by atoms with Crippen LogP contribution in [0.2, 0.25) is 0 Å². The molecule has 0 aliphatic carbocycles. The monoisotopic (exact) mass is 391 g/mol. The number of ether oxygens (including phenoxy) is 1. The molecule has 0 saturated carbocycles.